The van der Waals surface area contributed by atoms with Gasteiger partial charge in [0.15, 0.2) is 0 Å². The topological polar surface area (TPSA) is 86.1 Å². The van der Waals surface area contributed by atoms with Gasteiger partial charge in [-0.05, 0) is 29.8 Å². The van der Waals surface area contributed by atoms with Crippen LogP contribution in [0.5, 0.6) is 0 Å². The highest BCUT2D eigenvalue weighted by Gasteiger charge is 2.20. The first-order valence-corrected chi connectivity index (χ1v) is 9.14. The van der Waals surface area contributed by atoms with Crippen LogP contribution in [-0.2, 0) is 16.6 Å². The van der Waals surface area contributed by atoms with Crippen molar-refractivity contribution >= 4 is 15.7 Å². The molecule has 1 aromatic carbocycles. The van der Waals surface area contributed by atoms with Crippen molar-refractivity contribution in [2.45, 2.75) is 25.3 Å². The second-order valence-corrected chi connectivity index (χ2v) is 7.07. The normalized spacial score (nSPS) is 11.2. The van der Waals surface area contributed by atoms with Gasteiger partial charge in [-0.15, -0.1) is 0 Å². The van der Waals surface area contributed by atoms with Crippen molar-refractivity contribution in [2.24, 2.45) is 0 Å². The summed E-state index contributed by atoms with van der Waals surface area (Å²) in [7, 11) is -3.43. The van der Waals surface area contributed by atoms with Gasteiger partial charge >= 0.3 is 0 Å². The van der Waals surface area contributed by atoms with E-state index in [1.807, 2.05) is 19.9 Å². The zero-order chi connectivity index (χ0) is 17.6. The summed E-state index contributed by atoms with van der Waals surface area (Å²) in [5.41, 5.74) is 2.09. The zero-order valence-electron chi connectivity index (χ0n) is 13.7. The number of aromatic nitrogens is 1. The molecule has 2 aromatic rings. The molecule has 0 unspecified atom stereocenters. The average Bonchev–Trinajstić information content (AvgIpc) is 2.61. The Labute approximate surface area is 142 Å². The molecule has 0 atom stereocenters. The molecule has 6 nitrogen and oxygen atoms in total. The van der Waals surface area contributed by atoms with E-state index in [4.69, 9.17) is 5.26 Å². The Morgan fingerprint density at radius 2 is 1.83 bits per heavy atom. The summed E-state index contributed by atoms with van der Waals surface area (Å²) in [6.45, 7) is 5.07. The van der Waals surface area contributed by atoms with Gasteiger partial charge in [0, 0.05) is 31.5 Å². The van der Waals surface area contributed by atoms with Crippen LogP contribution in [0.2, 0.25) is 0 Å². The molecule has 1 aromatic heterocycles. The minimum atomic E-state index is -3.43. The van der Waals surface area contributed by atoms with Gasteiger partial charge in [0.05, 0.1) is 4.90 Å². The third-order valence-corrected chi connectivity index (χ3v) is 5.70. The molecule has 1 heterocycles. The number of nitrogens with zero attached hydrogens (tertiary/aromatic N) is 3. The quantitative estimate of drug-likeness (QED) is 0.834. The van der Waals surface area contributed by atoms with Gasteiger partial charge < -0.3 is 5.32 Å². The van der Waals surface area contributed by atoms with Crippen molar-refractivity contribution in [1.82, 2.24) is 9.29 Å². The predicted molar refractivity (Wildman–Crippen MR) is 92.8 cm³/mol. The minimum Gasteiger partial charge on any atom is -0.381 e. The fourth-order valence-corrected chi connectivity index (χ4v) is 3.76. The van der Waals surface area contributed by atoms with Gasteiger partial charge in [-0.2, -0.15) is 9.57 Å². The summed E-state index contributed by atoms with van der Waals surface area (Å²) < 4.78 is 26.3. The smallest absolute Gasteiger partial charge is 0.243 e. The van der Waals surface area contributed by atoms with Crippen LogP contribution in [0.15, 0.2) is 47.5 Å². The number of benzene rings is 1. The molecule has 0 saturated heterocycles. The molecular formula is C17H20N4O2S. The highest BCUT2D eigenvalue weighted by atomic mass is 32.2. The predicted octanol–water partition coefficient (Wildman–Crippen LogP) is 2.60. The second kappa shape index (κ2) is 7.90. The molecule has 7 heteroatoms. The van der Waals surface area contributed by atoms with Gasteiger partial charge in [0.1, 0.15) is 11.8 Å². The molecule has 0 fully saturated rings. The highest BCUT2D eigenvalue weighted by molar-refractivity contribution is 7.89. The van der Waals surface area contributed by atoms with Crippen LogP contribution in [0.1, 0.15) is 25.1 Å². The molecule has 0 radical (unpaired) electrons. The maximum absolute atomic E-state index is 12.4. The van der Waals surface area contributed by atoms with Crippen LogP contribution < -0.4 is 5.32 Å². The van der Waals surface area contributed by atoms with E-state index in [0.717, 1.165) is 11.3 Å². The number of rotatable bonds is 7. The first-order valence-electron chi connectivity index (χ1n) is 7.70. The van der Waals surface area contributed by atoms with Gasteiger partial charge in [-0.3, -0.25) is 0 Å². The first-order chi connectivity index (χ1) is 11.5. The van der Waals surface area contributed by atoms with Crippen LogP contribution in [0.4, 0.5) is 5.69 Å². The number of hydrogen-bond acceptors (Lipinski definition) is 5. The summed E-state index contributed by atoms with van der Waals surface area (Å²) in [4.78, 5) is 4.21. The zero-order valence-corrected chi connectivity index (χ0v) is 14.5. The minimum absolute atomic E-state index is 0.297. The fraction of sp³-hybridized carbons (Fsp3) is 0.294. The van der Waals surface area contributed by atoms with E-state index in [1.165, 1.54) is 4.31 Å². The summed E-state index contributed by atoms with van der Waals surface area (Å²) in [6.07, 6.45) is 1.57. The van der Waals surface area contributed by atoms with Gasteiger partial charge in [-0.25, -0.2) is 13.4 Å². The van der Waals surface area contributed by atoms with E-state index in [-0.39, 0.29) is 0 Å². The van der Waals surface area contributed by atoms with E-state index >= 15 is 0 Å². The lowest BCUT2D eigenvalue weighted by atomic mass is 10.2. The third-order valence-electron chi connectivity index (χ3n) is 3.64. The summed E-state index contributed by atoms with van der Waals surface area (Å²) in [6, 6.07) is 12.3. The number of nitrogens with one attached hydrogen (secondary N) is 1. The molecule has 0 amide bonds. The van der Waals surface area contributed by atoms with E-state index in [9.17, 15) is 8.42 Å². The Morgan fingerprint density at radius 3 is 2.42 bits per heavy atom. The number of nitriles is 1. The van der Waals surface area contributed by atoms with E-state index in [2.05, 4.69) is 10.3 Å². The first kappa shape index (κ1) is 17.9. The molecule has 0 aliphatic heterocycles. The lowest BCUT2D eigenvalue weighted by molar-refractivity contribution is 0.445. The van der Waals surface area contributed by atoms with Crippen molar-refractivity contribution in [1.29, 1.82) is 5.26 Å². The molecule has 1 N–H and O–H groups in total. The van der Waals surface area contributed by atoms with Crippen LogP contribution in [-0.4, -0.2) is 30.8 Å². The molecule has 24 heavy (non-hydrogen) atoms. The van der Waals surface area contributed by atoms with E-state index < -0.39 is 10.0 Å². The van der Waals surface area contributed by atoms with Crippen LogP contribution in [0.3, 0.4) is 0 Å². The number of sulfonamides is 1. The Hall–Kier alpha value is -2.43. The summed E-state index contributed by atoms with van der Waals surface area (Å²) >= 11 is 0. The molecule has 126 valence electrons. The second-order valence-electron chi connectivity index (χ2n) is 5.13. The highest BCUT2D eigenvalue weighted by Crippen LogP contribution is 2.17. The SMILES string of the molecule is CCN(CC)S(=O)(=O)c1ccc(CNc2ccnc(C#N)c2)cc1. The maximum Gasteiger partial charge on any atom is 0.243 e. The number of hydrogen-bond donors (Lipinski definition) is 1. The Kier molecular flexibility index (Phi) is 5.90. The largest absolute Gasteiger partial charge is 0.381 e. The molecular weight excluding hydrogens is 324 g/mol. The molecule has 0 aliphatic rings. The van der Waals surface area contributed by atoms with Crippen molar-refractivity contribution < 1.29 is 8.42 Å². The van der Waals surface area contributed by atoms with Crippen molar-refractivity contribution in [3.63, 3.8) is 0 Å². The molecule has 2 rings (SSSR count). The van der Waals surface area contributed by atoms with Crippen LogP contribution >= 0.6 is 0 Å². The van der Waals surface area contributed by atoms with Crippen molar-refractivity contribution in [3.8, 4) is 6.07 Å². The summed E-state index contributed by atoms with van der Waals surface area (Å²) in [5, 5.41) is 12.0. The summed E-state index contributed by atoms with van der Waals surface area (Å²) in [5.74, 6) is 0. The Balaban J connectivity index is 2.08. The van der Waals surface area contributed by atoms with E-state index in [0.29, 0.717) is 30.2 Å². The lowest BCUT2D eigenvalue weighted by Crippen LogP contribution is -2.30. The Bertz CT molecular complexity index is 822. The van der Waals surface area contributed by atoms with Crippen molar-refractivity contribution in [2.75, 3.05) is 18.4 Å². The monoisotopic (exact) mass is 344 g/mol. The van der Waals surface area contributed by atoms with E-state index in [1.54, 1.807) is 42.6 Å². The molecule has 0 saturated carbocycles. The lowest BCUT2D eigenvalue weighted by Gasteiger charge is -2.18. The number of anilines is 1. The van der Waals surface area contributed by atoms with Gasteiger partial charge in [0.25, 0.3) is 0 Å². The standard InChI is InChI=1S/C17H20N4O2S/c1-3-21(4-2)24(22,23)17-7-5-14(6-8-17)13-20-15-9-10-19-16(11-15)12-18/h5-11H,3-4,13H2,1-2H3,(H,19,20). The maximum atomic E-state index is 12.4. The molecule has 0 aliphatic carbocycles. The van der Waals surface area contributed by atoms with Crippen LogP contribution in [0.25, 0.3) is 0 Å². The van der Waals surface area contributed by atoms with Crippen LogP contribution in [0, 0.1) is 11.3 Å². The Morgan fingerprint density at radius 1 is 1.17 bits per heavy atom. The van der Waals surface area contributed by atoms with Gasteiger partial charge in [0.2, 0.25) is 10.0 Å². The molecule has 0 bridgehead atoms. The van der Waals surface area contributed by atoms with Crippen molar-refractivity contribution in [3.05, 3.63) is 53.9 Å². The fourth-order valence-electron chi connectivity index (χ4n) is 2.30. The molecule has 0 spiro atoms. The van der Waals surface area contributed by atoms with Gasteiger partial charge in [-0.1, -0.05) is 26.0 Å². The average molecular weight is 344 g/mol. The number of pyridine rings is 1. The third kappa shape index (κ3) is 4.10.